The molecular formula is C38H46BrNaO8. The average Bonchev–Trinajstić information content (AvgIpc) is 3.03. The maximum absolute atomic E-state index is 10.7. The second kappa shape index (κ2) is 20.8. The minimum Gasteiger partial charge on any atom is -1.00 e. The molecule has 4 aromatic carbocycles. The number of benzene rings is 4. The number of halogens is 1. The Morgan fingerprint density at radius 3 is 1.12 bits per heavy atom. The number of ether oxygens (including phenoxy) is 3. The molecule has 0 saturated carbocycles. The van der Waals surface area contributed by atoms with Gasteiger partial charge in [-0.25, -0.2) is 0 Å². The summed E-state index contributed by atoms with van der Waals surface area (Å²) in [4.78, 5) is 20.6. The Kier molecular flexibility index (Phi) is 18.4. The Balaban J connectivity index is 0.000000782. The van der Waals surface area contributed by atoms with Crippen LogP contribution >= 0.6 is 15.9 Å². The van der Waals surface area contributed by atoms with Crippen LogP contribution in [0.1, 0.15) is 65.2 Å². The molecule has 0 radical (unpaired) electrons. The molecule has 0 unspecified atom stereocenters. The molecule has 0 amide bonds. The van der Waals surface area contributed by atoms with E-state index < -0.39 is 0 Å². The number of carbonyl (C=O) groups excluding carboxylic acids is 2. The van der Waals surface area contributed by atoms with Crippen molar-refractivity contribution in [2.24, 2.45) is 0 Å². The average molecular weight is 734 g/mol. The molecule has 0 aliphatic rings. The summed E-state index contributed by atoms with van der Waals surface area (Å²) in [5, 5.41) is 28.7. The van der Waals surface area contributed by atoms with Gasteiger partial charge in [0.25, 0.3) is 0 Å². The van der Waals surface area contributed by atoms with E-state index in [1.54, 1.807) is 36.4 Å². The molecule has 0 fully saturated rings. The largest absolute Gasteiger partial charge is 1.00 e. The Labute approximate surface area is 316 Å². The molecule has 4 rings (SSSR count). The first-order valence-corrected chi connectivity index (χ1v) is 16.2. The molecule has 10 heteroatoms. The first-order chi connectivity index (χ1) is 22.2. The monoisotopic (exact) mass is 732 g/mol. The third-order valence-corrected chi connectivity index (χ3v) is 7.71. The molecule has 0 atom stereocenters. The molecule has 0 spiro atoms. The van der Waals surface area contributed by atoms with Gasteiger partial charge in [-0.1, -0.05) is 92.2 Å². The molecule has 0 heterocycles. The number of phenols is 3. The van der Waals surface area contributed by atoms with Crippen molar-refractivity contribution in [2.45, 2.75) is 52.4 Å². The van der Waals surface area contributed by atoms with Crippen LogP contribution in [-0.2, 0) is 29.9 Å². The van der Waals surface area contributed by atoms with Gasteiger partial charge in [0.1, 0.15) is 42.8 Å². The zero-order valence-electron chi connectivity index (χ0n) is 29.8. The number of hydrogen-bond acceptors (Lipinski definition) is 8. The van der Waals surface area contributed by atoms with Crippen molar-refractivity contribution in [3.63, 3.8) is 0 Å². The Morgan fingerprint density at radius 1 is 0.562 bits per heavy atom. The van der Waals surface area contributed by atoms with Crippen LogP contribution in [0.3, 0.4) is 0 Å². The van der Waals surface area contributed by atoms with Crippen LogP contribution in [0.25, 0.3) is 0 Å². The fourth-order valence-electron chi connectivity index (χ4n) is 4.46. The van der Waals surface area contributed by atoms with Gasteiger partial charge in [-0.2, -0.15) is 0 Å². The number of esters is 2. The van der Waals surface area contributed by atoms with E-state index >= 15 is 0 Å². The summed E-state index contributed by atoms with van der Waals surface area (Å²) in [6.45, 7) is 12.3. The third-order valence-electron chi connectivity index (χ3n) is 7.38. The fraction of sp³-hybridized carbons (Fsp3) is 0.316. The van der Waals surface area contributed by atoms with E-state index in [1.807, 2.05) is 60.7 Å². The summed E-state index contributed by atoms with van der Waals surface area (Å²) in [6.07, 6.45) is 0. The summed E-state index contributed by atoms with van der Waals surface area (Å²) in [5.74, 6) is 1.02. The second-order valence-corrected chi connectivity index (χ2v) is 12.4. The number of carbonyl (C=O) groups is 2. The van der Waals surface area contributed by atoms with Gasteiger partial charge >= 0.3 is 41.5 Å². The van der Waals surface area contributed by atoms with Gasteiger partial charge in [-0.3, -0.25) is 9.59 Å². The summed E-state index contributed by atoms with van der Waals surface area (Å²) >= 11 is 3.10. The van der Waals surface area contributed by atoms with E-state index in [2.05, 4.69) is 48.4 Å². The Morgan fingerprint density at radius 2 is 0.854 bits per heavy atom. The molecular weight excluding hydrogens is 687 g/mol. The molecule has 0 aromatic heterocycles. The van der Waals surface area contributed by atoms with Crippen LogP contribution < -0.4 is 34.3 Å². The molecule has 4 aromatic rings. The summed E-state index contributed by atoms with van der Waals surface area (Å²) in [6, 6.07) is 29.6. The van der Waals surface area contributed by atoms with Gasteiger partial charge < -0.3 is 31.0 Å². The second-order valence-electron chi connectivity index (χ2n) is 11.6. The van der Waals surface area contributed by atoms with Crippen LogP contribution in [0.2, 0.25) is 0 Å². The van der Waals surface area contributed by atoms with Crippen molar-refractivity contribution in [3.8, 4) is 23.0 Å². The van der Waals surface area contributed by atoms with Crippen LogP contribution in [0.5, 0.6) is 23.0 Å². The van der Waals surface area contributed by atoms with Crippen molar-refractivity contribution in [3.05, 3.63) is 119 Å². The van der Waals surface area contributed by atoms with Crippen molar-refractivity contribution in [1.82, 2.24) is 0 Å². The normalized spacial score (nSPS) is 10.6. The van der Waals surface area contributed by atoms with Gasteiger partial charge in [0.15, 0.2) is 0 Å². The van der Waals surface area contributed by atoms with E-state index in [4.69, 9.17) is 9.47 Å². The SMILES string of the molecule is CC(=O)OCCBr.CC(=O)OCCOc1ccc(C(C)(C)c2ccc(O)cc2)cc1.CC(C)(c1ccc(O)cc1)c1ccc(O)cc1.[H-].[Na+]. The zero-order valence-corrected chi connectivity index (χ0v) is 32.4. The number of aromatic hydroxyl groups is 3. The van der Waals surface area contributed by atoms with E-state index in [9.17, 15) is 24.9 Å². The van der Waals surface area contributed by atoms with Gasteiger partial charge in [0.2, 0.25) is 0 Å². The summed E-state index contributed by atoms with van der Waals surface area (Å²) in [7, 11) is 0. The van der Waals surface area contributed by atoms with Gasteiger partial charge in [-0.15, -0.1) is 0 Å². The first-order valence-electron chi connectivity index (χ1n) is 15.1. The predicted octanol–water partition coefficient (Wildman–Crippen LogP) is 5.14. The van der Waals surface area contributed by atoms with E-state index in [0.29, 0.717) is 18.5 Å². The van der Waals surface area contributed by atoms with Crippen LogP contribution in [0.15, 0.2) is 97.1 Å². The smallest absolute Gasteiger partial charge is 1.00 e. The van der Waals surface area contributed by atoms with E-state index in [0.717, 1.165) is 28.0 Å². The molecule has 0 bridgehead atoms. The maximum Gasteiger partial charge on any atom is 1.00 e. The van der Waals surface area contributed by atoms with Crippen molar-refractivity contribution in [2.75, 3.05) is 25.2 Å². The maximum atomic E-state index is 10.7. The zero-order chi connectivity index (χ0) is 35.0. The number of phenolic OH excluding ortho intramolecular Hbond substituents is 3. The van der Waals surface area contributed by atoms with Crippen LogP contribution in [0.4, 0.5) is 0 Å². The number of alkyl halides is 1. The minimum atomic E-state index is -0.306. The van der Waals surface area contributed by atoms with Crippen molar-refractivity contribution < 1.29 is 70.1 Å². The Hall–Kier alpha value is -3.50. The van der Waals surface area contributed by atoms with Crippen molar-refractivity contribution >= 4 is 27.9 Å². The van der Waals surface area contributed by atoms with E-state index in [-0.39, 0.29) is 77.6 Å². The molecule has 254 valence electrons. The van der Waals surface area contributed by atoms with Crippen molar-refractivity contribution in [1.29, 1.82) is 0 Å². The summed E-state index contributed by atoms with van der Waals surface area (Å²) in [5.41, 5.74) is 4.20. The molecule has 0 aliphatic carbocycles. The fourth-order valence-corrected chi connectivity index (χ4v) is 4.62. The number of hydrogen-bond donors (Lipinski definition) is 3. The van der Waals surface area contributed by atoms with Crippen LogP contribution in [-0.4, -0.2) is 52.4 Å². The molecule has 3 N–H and O–H groups in total. The third kappa shape index (κ3) is 14.3. The summed E-state index contributed by atoms with van der Waals surface area (Å²) < 4.78 is 14.9. The van der Waals surface area contributed by atoms with Gasteiger partial charge in [0.05, 0.1) is 0 Å². The number of rotatable bonds is 10. The predicted molar refractivity (Wildman–Crippen MR) is 189 cm³/mol. The Bertz CT molecular complexity index is 1480. The quantitative estimate of drug-likeness (QED) is 0.0887. The van der Waals surface area contributed by atoms with Crippen LogP contribution in [0, 0.1) is 0 Å². The van der Waals surface area contributed by atoms with E-state index in [1.165, 1.54) is 13.8 Å². The molecule has 48 heavy (non-hydrogen) atoms. The molecule has 0 aliphatic heterocycles. The molecule has 8 nitrogen and oxygen atoms in total. The van der Waals surface area contributed by atoms with Gasteiger partial charge in [-0.05, 0) is 70.8 Å². The standard InChI is InChI=1S/C19H22O4.C15H16O2.C4H7BrO2.Na.H/c1-14(20)22-12-13-23-18-10-6-16(7-11-18)19(2,3)15-4-8-17(21)9-5-15;1-15(2,11-3-7-13(16)8-4-11)12-5-9-14(17)10-6-12;1-4(6)7-3-2-5;;/h4-11,21H,12-13H2,1-3H3;3-10,16-17H,1-2H3;2-3H2,1H3;;/q;;;+1;-1. The first kappa shape index (κ1) is 42.5. The topological polar surface area (TPSA) is 123 Å². The minimum absolute atomic E-state index is 0. The van der Waals surface area contributed by atoms with Gasteiger partial charge in [0, 0.05) is 30.0 Å². The molecule has 0 saturated heterocycles.